The minimum Gasteiger partial charge on any atom is -0.0836 e. The Balaban J connectivity index is 0.000000279. The normalized spacial score (nSPS) is 26.2. The van der Waals surface area contributed by atoms with Gasteiger partial charge in [-0.25, -0.2) is 0 Å². The first-order valence-corrected chi connectivity index (χ1v) is 28.4. The van der Waals surface area contributed by atoms with Gasteiger partial charge in [-0.05, 0) is 152 Å². The number of allylic oxidation sites excluding steroid dienone is 30. The van der Waals surface area contributed by atoms with E-state index >= 15 is 0 Å². The smallest absolute Gasteiger partial charge is 0.0281 e. The van der Waals surface area contributed by atoms with Crippen molar-refractivity contribution in [1.82, 2.24) is 0 Å². The molecule has 0 N–H and O–H groups in total. The fourth-order valence-corrected chi connectivity index (χ4v) is 12.2. The third-order valence-electron chi connectivity index (χ3n) is 16.5. The Morgan fingerprint density at radius 3 is 1.97 bits per heavy atom. The molecule has 2 bridgehead atoms. The van der Waals surface area contributed by atoms with Crippen molar-refractivity contribution in [2.24, 2.45) is 17.8 Å². The van der Waals surface area contributed by atoms with Crippen molar-refractivity contribution in [1.29, 1.82) is 0 Å². The maximum absolute atomic E-state index is 2.58. The number of benzene rings is 5. The largest absolute Gasteiger partial charge is 0.0836 e. The molecule has 0 radical (unpaired) electrons. The first-order chi connectivity index (χ1) is 37.8. The van der Waals surface area contributed by atoms with Crippen LogP contribution >= 0.6 is 0 Å². The zero-order valence-corrected chi connectivity index (χ0v) is 46.0. The number of hydrogen-bond acceptors (Lipinski definition) is 0. The molecule has 0 heterocycles. The van der Waals surface area contributed by atoms with E-state index in [1.807, 2.05) is 18.2 Å². The van der Waals surface area contributed by atoms with Crippen molar-refractivity contribution >= 4 is 11.1 Å². The molecule has 5 aromatic carbocycles. The molecular weight excluding hydrogens is 925 g/mol. The summed E-state index contributed by atoms with van der Waals surface area (Å²) in [5, 5.41) is 0. The molecule has 0 amide bonds. The molecule has 0 aliphatic heterocycles. The summed E-state index contributed by atoms with van der Waals surface area (Å²) in [7, 11) is 0. The molecule has 0 fully saturated rings. The molecule has 5 aromatic rings. The number of hydrogen-bond donors (Lipinski definition) is 0. The van der Waals surface area contributed by atoms with Gasteiger partial charge in [-0.15, -0.1) is 0 Å². The van der Waals surface area contributed by atoms with Gasteiger partial charge in [0.15, 0.2) is 0 Å². The van der Waals surface area contributed by atoms with Crippen LogP contribution in [0.1, 0.15) is 121 Å². The standard InChI is InChI=1S/C57H54.C13H14.C7H8/c1-4-41-14-12-13-39(2)49(32-25-41)50-33-26-44(35-40(50)3)36-42-21-28-46(29-22-42)47-30-23-43(24-31-47)37-45-27-34-54-51-16-8-9-17-52(51)55-19-7-5-6-15-48(38-45)57(55)56-20-11-10-18-53(54)56;1-11-7-9-13(10-8-11)12-5-3-2-4-6-12;1-7-5-3-2-4-6-7/h4-12,14-23,25-34,38,43-44,48,54,57H,13,24,35-37H2,1-3H3;2-5,7-10,12H,6H2,1H3;2-6H,1H3/b7-5-,14-12-,15-6+,32-25?,34-27+,41-4+,45-38+,49-39?,55-19-;;. The van der Waals surface area contributed by atoms with Gasteiger partial charge in [-0.2, -0.15) is 0 Å². The summed E-state index contributed by atoms with van der Waals surface area (Å²) in [5.41, 5.74) is 23.7. The van der Waals surface area contributed by atoms with Crippen LogP contribution in [0.5, 0.6) is 0 Å². The van der Waals surface area contributed by atoms with Crippen LogP contribution in [0.3, 0.4) is 0 Å². The Kier molecular flexibility index (Phi) is 17.3. The van der Waals surface area contributed by atoms with Gasteiger partial charge in [0.1, 0.15) is 0 Å². The number of aryl methyl sites for hydroxylation is 2. The van der Waals surface area contributed by atoms with Gasteiger partial charge >= 0.3 is 0 Å². The highest BCUT2D eigenvalue weighted by Gasteiger charge is 2.35. The van der Waals surface area contributed by atoms with E-state index in [0.29, 0.717) is 17.8 Å². The molecule has 0 heteroatoms. The minimum atomic E-state index is 0.227. The third kappa shape index (κ3) is 13.1. The molecule has 0 nitrogen and oxygen atoms in total. The molecular formula is C77H76. The van der Waals surface area contributed by atoms with Crippen molar-refractivity contribution in [2.75, 3.05) is 0 Å². The van der Waals surface area contributed by atoms with Crippen LogP contribution in [0.25, 0.3) is 11.1 Å². The van der Waals surface area contributed by atoms with Gasteiger partial charge < -0.3 is 0 Å². The molecule has 0 aromatic heterocycles. The second-order valence-electron chi connectivity index (χ2n) is 22.0. The van der Waals surface area contributed by atoms with Crippen LogP contribution in [-0.4, -0.2) is 0 Å². The predicted molar refractivity (Wildman–Crippen MR) is 332 cm³/mol. The molecule has 7 aliphatic rings. The number of rotatable bonds is 7. The maximum Gasteiger partial charge on any atom is 0.0281 e. The van der Waals surface area contributed by atoms with Gasteiger partial charge in [-0.3, -0.25) is 0 Å². The van der Waals surface area contributed by atoms with Crippen molar-refractivity contribution in [3.8, 4) is 0 Å². The highest BCUT2D eigenvalue weighted by Crippen LogP contribution is 2.51. The van der Waals surface area contributed by atoms with E-state index in [1.54, 1.807) is 0 Å². The molecule has 7 aliphatic carbocycles. The second-order valence-corrected chi connectivity index (χ2v) is 22.0. The van der Waals surface area contributed by atoms with Crippen LogP contribution in [0, 0.1) is 31.6 Å². The van der Waals surface area contributed by atoms with Crippen molar-refractivity contribution in [3.05, 3.63) is 345 Å². The summed E-state index contributed by atoms with van der Waals surface area (Å²) in [6.07, 6.45) is 57.6. The Morgan fingerprint density at radius 2 is 1.25 bits per heavy atom. The SMILES string of the molecule is C/C=C1C=CC(C2=C(C)CC(Cc3ccc(C4=CCC(CC5=C/C6/C=C/C=C\C=C7\c8ccccc8C(\C=C\5)c5ccccc5C76)C=C4)cc3)C=C2)=C(C)C\C=C/1.Cc1ccc(C2C=CC=CC2)cc1.Cc1ccccc1. The summed E-state index contributed by atoms with van der Waals surface area (Å²) in [6.45, 7) is 10.9. The first kappa shape index (κ1) is 52.6. The Morgan fingerprint density at radius 1 is 0.519 bits per heavy atom. The lowest BCUT2D eigenvalue weighted by Crippen LogP contribution is -2.13. The summed E-state index contributed by atoms with van der Waals surface area (Å²) >= 11 is 0. The molecule has 0 spiro atoms. The zero-order valence-electron chi connectivity index (χ0n) is 46.0. The van der Waals surface area contributed by atoms with Crippen LogP contribution in [0.15, 0.2) is 295 Å². The first-order valence-electron chi connectivity index (χ1n) is 28.4. The lowest BCUT2D eigenvalue weighted by atomic mass is 9.75. The summed E-state index contributed by atoms with van der Waals surface area (Å²) < 4.78 is 0. The molecule has 6 unspecified atom stereocenters. The molecule has 12 rings (SSSR count). The topological polar surface area (TPSA) is 0 Å². The Labute approximate surface area is 461 Å². The summed E-state index contributed by atoms with van der Waals surface area (Å²) in [4.78, 5) is 0. The van der Waals surface area contributed by atoms with Crippen LogP contribution in [-0.2, 0) is 6.42 Å². The summed E-state index contributed by atoms with van der Waals surface area (Å²) in [6, 6.07) is 46.8. The third-order valence-corrected chi connectivity index (χ3v) is 16.5. The van der Waals surface area contributed by atoms with E-state index in [0.717, 1.165) is 38.5 Å². The number of fused-ring (bicyclic) bond motifs is 3. The van der Waals surface area contributed by atoms with E-state index in [4.69, 9.17) is 0 Å². The average Bonchev–Trinajstić information content (AvgIpc) is 3.61. The fraction of sp³-hybridized carbons (Fsp3) is 0.221. The van der Waals surface area contributed by atoms with E-state index in [9.17, 15) is 0 Å². The van der Waals surface area contributed by atoms with Crippen LogP contribution in [0.2, 0.25) is 0 Å². The van der Waals surface area contributed by atoms with Crippen molar-refractivity contribution in [2.45, 2.75) is 90.9 Å². The highest BCUT2D eigenvalue weighted by atomic mass is 14.4. The highest BCUT2D eigenvalue weighted by molar-refractivity contribution is 5.80. The van der Waals surface area contributed by atoms with Gasteiger partial charge in [-0.1, -0.05) is 289 Å². The second kappa shape index (κ2) is 25.4. The van der Waals surface area contributed by atoms with Gasteiger partial charge in [0, 0.05) is 23.7 Å². The van der Waals surface area contributed by atoms with Crippen molar-refractivity contribution in [3.63, 3.8) is 0 Å². The van der Waals surface area contributed by atoms with E-state index < -0.39 is 0 Å². The minimum absolute atomic E-state index is 0.227. The van der Waals surface area contributed by atoms with Crippen LogP contribution in [0.4, 0.5) is 0 Å². The molecule has 0 saturated heterocycles. The lowest BCUT2D eigenvalue weighted by Gasteiger charge is -2.28. The quantitative estimate of drug-likeness (QED) is 0.152. The Bertz CT molecular complexity index is 3380. The molecule has 6 atom stereocenters. The molecule has 77 heavy (non-hydrogen) atoms. The van der Waals surface area contributed by atoms with Crippen LogP contribution < -0.4 is 0 Å². The fourth-order valence-electron chi connectivity index (χ4n) is 12.2. The van der Waals surface area contributed by atoms with Crippen molar-refractivity contribution < 1.29 is 0 Å². The predicted octanol–water partition coefficient (Wildman–Crippen LogP) is 20.4. The molecule has 0 saturated carbocycles. The van der Waals surface area contributed by atoms with Gasteiger partial charge in [0.2, 0.25) is 0 Å². The average molecular weight is 1000 g/mol. The lowest BCUT2D eigenvalue weighted by molar-refractivity contribution is 0.628. The summed E-state index contributed by atoms with van der Waals surface area (Å²) in [5.74, 6) is 2.36. The Hall–Kier alpha value is -7.80. The van der Waals surface area contributed by atoms with E-state index in [2.05, 4.69) is 277 Å². The zero-order chi connectivity index (χ0) is 52.9. The maximum atomic E-state index is 2.58. The van der Waals surface area contributed by atoms with E-state index in [1.165, 1.54) is 94.7 Å². The van der Waals surface area contributed by atoms with E-state index in [-0.39, 0.29) is 17.8 Å². The molecule has 384 valence electrons. The van der Waals surface area contributed by atoms with Gasteiger partial charge in [0.25, 0.3) is 0 Å². The van der Waals surface area contributed by atoms with Gasteiger partial charge in [0.05, 0.1) is 0 Å². The monoisotopic (exact) mass is 1000 g/mol.